The molecule has 8 nitrogen and oxygen atoms in total. The summed E-state index contributed by atoms with van der Waals surface area (Å²) in [6.07, 6.45) is -1.20. The van der Waals surface area contributed by atoms with E-state index in [-0.39, 0.29) is 18.2 Å². The number of carbonyl (C=O) groups is 3. The van der Waals surface area contributed by atoms with Crippen LogP contribution in [0.1, 0.15) is 40.1 Å². The number of benzene rings is 1. The molecule has 0 fully saturated rings. The molecule has 0 aliphatic rings. The van der Waals surface area contributed by atoms with Crippen LogP contribution in [0.25, 0.3) is 0 Å². The zero-order chi connectivity index (χ0) is 19.3. The predicted octanol–water partition coefficient (Wildman–Crippen LogP) is 2.32. The van der Waals surface area contributed by atoms with Gasteiger partial charge in [0.25, 0.3) is 11.8 Å². The van der Waals surface area contributed by atoms with E-state index >= 15 is 0 Å². The fraction of sp³-hybridized carbons (Fsp3) is 0.235. The molecule has 0 atom stereocenters. The molecule has 1 aromatic heterocycles. The fourth-order valence-electron chi connectivity index (χ4n) is 2.09. The van der Waals surface area contributed by atoms with E-state index in [0.29, 0.717) is 21.8 Å². The Hall–Kier alpha value is -2.91. The molecule has 0 aliphatic heterocycles. The van der Waals surface area contributed by atoms with E-state index in [4.69, 9.17) is 16.2 Å². The first-order valence-corrected chi connectivity index (χ1v) is 8.69. The lowest BCUT2D eigenvalue weighted by Gasteiger charge is -2.10. The molecular formula is C17H20N4O4S. The molecule has 26 heavy (non-hydrogen) atoms. The van der Waals surface area contributed by atoms with Gasteiger partial charge in [0, 0.05) is 17.8 Å². The highest BCUT2D eigenvalue weighted by Crippen LogP contribution is 2.24. The summed E-state index contributed by atoms with van der Waals surface area (Å²) in [6.45, 7) is 3.54. The van der Waals surface area contributed by atoms with Crippen LogP contribution in [0.5, 0.6) is 0 Å². The van der Waals surface area contributed by atoms with Crippen molar-refractivity contribution in [2.75, 3.05) is 11.1 Å². The molecule has 1 heterocycles. The molecule has 0 unspecified atom stereocenters. The second kappa shape index (κ2) is 8.45. The van der Waals surface area contributed by atoms with Crippen molar-refractivity contribution in [1.29, 1.82) is 0 Å². The van der Waals surface area contributed by atoms with Crippen LogP contribution >= 0.6 is 11.3 Å². The van der Waals surface area contributed by atoms with Gasteiger partial charge in [-0.15, -0.1) is 11.3 Å². The maximum atomic E-state index is 12.4. The van der Waals surface area contributed by atoms with Gasteiger partial charge in [-0.3, -0.25) is 14.9 Å². The molecule has 138 valence electrons. The highest BCUT2D eigenvalue weighted by molar-refractivity contribution is 7.14. The Bertz CT molecular complexity index is 832. The van der Waals surface area contributed by atoms with Crippen molar-refractivity contribution in [3.8, 4) is 0 Å². The van der Waals surface area contributed by atoms with Crippen molar-refractivity contribution in [1.82, 2.24) is 5.32 Å². The van der Waals surface area contributed by atoms with Gasteiger partial charge in [-0.2, -0.15) is 0 Å². The van der Waals surface area contributed by atoms with Crippen LogP contribution in [0.3, 0.4) is 0 Å². The zero-order valence-electron chi connectivity index (χ0n) is 14.4. The number of rotatable bonds is 5. The van der Waals surface area contributed by atoms with E-state index in [1.807, 2.05) is 0 Å². The molecule has 1 aromatic carbocycles. The van der Waals surface area contributed by atoms with E-state index in [2.05, 4.69) is 10.6 Å². The van der Waals surface area contributed by atoms with Gasteiger partial charge >= 0.3 is 6.09 Å². The Morgan fingerprint density at radius 1 is 1.19 bits per heavy atom. The quantitative estimate of drug-likeness (QED) is 0.591. The SMILES string of the molecule is CC(C)OC(=O)NC(=O)c1ccsc1NC(=O)c1ccc(N)c(CN)c1. The Labute approximate surface area is 154 Å². The number of alkyl carbamates (subject to hydrolysis) is 1. The average molecular weight is 376 g/mol. The zero-order valence-corrected chi connectivity index (χ0v) is 15.2. The highest BCUT2D eigenvalue weighted by Gasteiger charge is 2.19. The summed E-state index contributed by atoms with van der Waals surface area (Å²) in [5, 5.41) is 6.72. The van der Waals surface area contributed by atoms with Crippen LogP contribution in [0.4, 0.5) is 15.5 Å². The van der Waals surface area contributed by atoms with Crippen molar-refractivity contribution in [2.24, 2.45) is 5.73 Å². The number of hydrogen-bond donors (Lipinski definition) is 4. The van der Waals surface area contributed by atoms with Crippen LogP contribution in [-0.4, -0.2) is 24.0 Å². The summed E-state index contributed by atoms with van der Waals surface area (Å²) < 4.78 is 4.87. The standard InChI is InChI=1S/C17H20N4O4S/c1-9(2)25-17(24)21-15(23)12-5-6-26-16(12)20-14(22)10-3-4-13(19)11(7-10)8-18/h3-7,9H,8,18-19H2,1-2H3,(H,20,22)(H,21,23,24). The molecule has 6 N–H and O–H groups in total. The van der Waals surface area contributed by atoms with Crippen LogP contribution in [0.2, 0.25) is 0 Å². The van der Waals surface area contributed by atoms with Gasteiger partial charge in [-0.1, -0.05) is 0 Å². The second-order valence-corrected chi connectivity index (χ2v) is 6.56. The summed E-state index contributed by atoms with van der Waals surface area (Å²) in [5.74, 6) is -1.08. The Morgan fingerprint density at radius 2 is 1.92 bits per heavy atom. The van der Waals surface area contributed by atoms with Gasteiger partial charge < -0.3 is 21.5 Å². The van der Waals surface area contributed by atoms with Crippen molar-refractivity contribution < 1.29 is 19.1 Å². The molecule has 2 rings (SSSR count). The third kappa shape index (κ3) is 4.80. The minimum absolute atomic E-state index is 0.165. The van der Waals surface area contributed by atoms with E-state index in [1.165, 1.54) is 6.07 Å². The number of amides is 3. The van der Waals surface area contributed by atoms with Gasteiger partial charge in [-0.25, -0.2) is 4.79 Å². The molecule has 0 aliphatic carbocycles. The van der Waals surface area contributed by atoms with Gasteiger partial charge in [0.1, 0.15) is 5.00 Å². The van der Waals surface area contributed by atoms with Crippen molar-refractivity contribution >= 4 is 39.9 Å². The summed E-state index contributed by atoms with van der Waals surface area (Å²) in [7, 11) is 0. The number of nitrogens with two attached hydrogens (primary N) is 2. The first-order valence-electron chi connectivity index (χ1n) is 7.81. The summed E-state index contributed by atoms with van der Waals surface area (Å²) >= 11 is 1.16. The van der Waals surface area contributed by atoms with E-state index in [1.54, 1.807) is 37.4 Å². The number of hydrogen-bond acceptors (Lipinski definition) is 7. The Kier molecular flexibility index (Phi) is 6.31. The minimum atomic E-state index is -0.848. The number of thiophene rings is 1. The Morgan fingerprint density at radius 3 is 2.58 bits per heavy atom. The monoisotopic (exact) mass is 376 g/mol. The predicted molar refractivity (Wildman–Crippen MR) is 100 cm³/mol. The molecule has 0 saturated carbocycles. The summed E-state index contributed by atoms with van der Waals surface area (Å²) in [5.41, 5.74) is 13.0. The van der Waals surface area contributed by atoms with E-state index in [9.17, 15) is 14.4 Å². The van der Waals surface area contributed by atoms with Crippen molar-refractivity contribution in [2.45, 2.75) is 26.5 Å². The average Bonchev–Trinajstić information content (AvgIpc) is 3.02. The lowest BCUT2D eigenvalue weighted by molar-refractivity contribution is 0.0877. The maximum absolute atomic E-state index is 12.4. The molecule has 0 radical (unpaired) electrons. The number of ether oxygens (including phenoxy) is 1. The number of nitrogens with one attached hydrogen (secondary N) is 2. The molecule has 2 aromatic rings. The van der Waals surface area contributed by atoms with Gasteiger partial charge in [0.15, 0.2) is 0 Å². The third-order valence-corrected chi connectivity index (χ3v) is 4.15. The van der Waals surface area contributed by atoms with Crippen LogP contribution in [0, 0.1) is 0 Å². The molecular weight excluding hydrogens is 356 g/mol. The molecule has 9 heteroatoms. The highest BCUT2D eigenvalue weighted by atomic mass is 32.1. The third-order valence-electron chi connectivity index (χ3n) is 3.32. The lowest BCUT2D eigenvalue weighted by Crippen LogP contribution is -2.32. The molecule has 0 spiro atoms. The summed E-state index contributed by atoms with van der Waals surface area (Å²) in [6, 6.07) is 6.27. The van der Waals surface area contributed by atoms with Crippen LogP contribution < -0.4 is 22.1 Å². The maximum Gasteiger partial charge on any atom is 0.414 e. The topological polar surface area (TPSA) is 137 Å². The summed E-state index contributed by atoms with van der Waals surface area (Å²) in [4.78, 5) is 36.2. The van der Waals surface area contributed by atoms with E-state index < -0.39 is 17.9 Å². The van der Waals surface area contributed by atoms with Crippen LogP contribution in [-0.2, 0) is 11.3 Å². The minimum Gasteiger partial charge on any atom is -0.447 e. The molecule has 3 amide bonds. The number of carbonyl (C=O) groups excluding carboxylic acids is 3. The lowest BCUT2D eigenvalue weighted by atomic mass is 10.1. The molecule has 0 bridgehead atoms. The fourth-order valence-corrected chi connectivity index (χ4v) is 2.87. The van der Waals surface area contributed by atoms with Crippen molar-refractivity contribution in [3.05, 3.63) is 46.3 Å². The Balaban J connectivity index is 2.12. The number of imide groups is 1. The first-order chi connectivity index (χ1) is 12.3. The largest absolute Gasteiger partial charge is 0.447 e. The normalized spacial score (nSPS) is 10.5. The van der Waals surface area contributed by atoms with E-state index in [0.717, 1.165) is 11.3 Å². The van der Waals surface area contributed by atoms with Crippen LogP contribution in [0.15, 0.2) is 29.6 Å². The second-order valence-electron chi connectivity index (χ2n) is 5.64. The smallest absolute Gasteiger partial charge is 0.414 e. The first kappa shape index (κ1) is 19.4. The molecule has 0 saturated heterocycles. The van der Waals surface area contributed by atoms with Gasteiger partial charge in [0.05, 0.1) is 11.7 Å². The van der Waals surface area contributed by atoms with Gasteiger partial charge in [0.2, 0.25) is 0 Å². The van der Waals surface area contributed by atoms with Crippen molar-refractivity contribution in [3.63, 3.8) is 0 Å². The number of anilines is 2. The van der Waals surface area contributed by atoms with Gasteiger partial charge in [-0.05, 0) is 49.1 Å². The number of nitrogen functional groups attached to an aromatic ring is 1.